The lowest BCUT2D eigenvalue weighted by atomic mass is 10.1. The third kappa shape index (κ3) is 2.85. The van der Waals surface area contributed by atoms with Gasteiger partial charge in [0, 0.05) is 30.4 Å². The van der Waals surface area contributed by atoms with Crippen LogP contribution in [0.3, 0.4) is 0 Å². The van der Waals surface area contributed by atoms with E-state index in [4.69, 9.17) is 0 Å². The number of nitrogens with one attached hydrogen (secondary N) is 1. The van der Waals surface area contributed by atoms with Gasteiger partial charge in [0.25, 0.3) is 0 Å². The first-order valence-electron chi connectivity index (χ1n) is 6.37. The maximum atomic E-state index is 4.45. The summed E-state index contributed by atoms with van der Waals surface area (Å²) in [5, 5.41) is 3.54. The lowest BCUT2D eigenvalue weighted by Gasteiger charge is -2.27. The summed E-state index contributed by atoms with van der Waals surface area (Å²) in [6.07, 6.45) is 5.15. The van der Waals surface area contributed by atoms with E-state index in [1.165, 1.54) is 5.82 Å². The van der Waals surface area contributed by atoms with Crippen LogP contribution in [0, 0.1) is 0 Å². The van der Waals surface area contributed by atoms with Gasteiger partial charge in [-0.05, 0) is 19.9 Å². The van der Waals surface area contributed by atoms with Crippen molar-refractivity contribution in [3.8, 4) is 0 Å². The highest BCUT2D eigenvalue weighted by molar-refractivity contribution is 5.01. The van der Waals surface area contributed by atoms with Crippen LogP contribution >= 0.6 is 0 Å². The van der Waals surface area contributed by atoms with E-state index >= 15 is 0 Å². The van der Waals surface area contributed by atoms with Crippen LogP contribution in [-0.4, -0.2) is 22.1 Å². The second-order valence-electron chi connectivity index (χ2n) is 4.66. The first-order valence-corrected chi connectivity index (χ1v) is 6.37. The topological polar surface area (TPSA) is 29.9 Å². The van der Waals surface area contributed by atoms with Crippen molar-refractivity contribution in [1.29, 1.82) is 0 Å². The molecule has 1 N–H and O–H groups in total. The van der Waals surface area contributed by atoms with Gasteiger partial charge in [0.15, 0.2) is 0 Å². The highest BCUT2D eigenvalue weighted by atomic mass is 15.1. The van der Waals surface area contributed by atoms with E-state index < -0.39 is 0 Å². The lowest BCUT2D eigenvalue weighted by Crippen LogP contribution is -2.36. The van der Waals surface area contributed by atoms with E-state index in [1.54, 1.807) is 0 Å². The molecule has 0 spiro atoms. The molecule has 0 saturated carbocycles. The molecule has 2 unspecified atom stereocenters. The molecule has 3 heteroatoms. The average Bonchev–Trinajstić information content (AvgIpc) is 2.73. The Balaban J connectivity index is 2.85. The van der Waals surface area contributed by atoms with E-state index in [-0.39, 0.29) is 0 Å². The van der Waals surface area contributed by atoms with Gasteiger partial charge < -0.3 is 9.88 Å². The van der Waals surface area contributed by atoms with Gasteiger partial charge in [-0.15, -0.1) is 0 Å². The molecule has 0 aromatic carbocycles. The van der Waals surface area contributed by atoms with E-state index in [2.05, 4.69) is 55.7 Å². The van der Waals surface area contributed by atoms with Crippen LogP contribution in [0.2, 0.25) is 0 Å². The summed E-state index contributed by atoms with van der Waals surface area (Å²) < 4.78 is 2.31. The summed E-state index contributed by atoms with van der Waals surface area (Å²) in [6, 6.07) is 0.988. The van der Waals surface area contributed by atoms with Crippen molar-refractivity contribution in [3.63, 3.8) is 0 Å². The van der Waals surface area contributed by atoms with Gasteiger partial charge in [-0.25, -0.2) is 4.98 Å². The van der Waals surface area contributed by atoms with Gasteiger partial charge in [0.1, 0.15) is 5.82 Å². The molecule has 0 aliphatic rings. The number of hydrogen-bond acceptors (Lipinski definition) is 2. The highest BCUT2D eigenvalue weighted by Gasteiger charge is 2.19. The molecular weight excluding hydrogens is 198 g/mol. The summed E-state index contributed by atoms with van der Waals surface area (Å²) in [5.41, 5.74) is 0. The minimum atomic E-state index is 0.463. The second-order valence-corrected chi connectivity index (χ2v) is 4.66. The van der Waals surface area contributed by atoms with Crippen molar-refractivity contribution in [2.24, 2.45) is 0 Å². The third-order valence-electron chi connectivity index (χ3n) is 3.14. The summed E-state index contributed by atoms with van der Waals surface area (Å²) in [7, 11) is 0. The molecule has 3 nitrogen and oxygen atoms in total. The quantitative estimate of drug-likeness (QED) is 0.803. The Bertz CT molecular complexity index is 304. The lowest BCUT2D eigenvalue weighted by molar-refractivity contribution is 0.356. The number of rotatable bonds is 6. The molecule has 1 aromatic rings. The van der Waals surface area contributed by atoms with Gasteiger partial charge in [0.2, 0.25) is 0 Å². The average molecular weight is 223 g/mol. The molecule has 0 saturated heterocycles. The first-order chi connectivity index (χ1) is 7.61. The van der Waals surface area contributed by atoms with Crippen molar-refractivity contribution < 1.29 is 0 Å². The summed E-state index contributed by atoms with van der Waals surface area (Å²) >= 11 is 0. The molecule has 0 bridgehead atoms. The van der Waals surface area contributed by atoms with Gasteiger partial charge >= 0.3 is 0 Å². The van der Waals surface area contributed by atoms with Crippen LogP contribution in [0.5, 0.6) is 0 Å². The van der Waals surface area contributed by atoms with E-state index in [1.807, 2.05) is 6.20 Å². The summed E-state index contributed by atoms with van der Waals surface area (Å²) in [4.78, 5) is 4.45. The molecule has 0 radical (unpaired) electrons. The fourth-order valence-corrected chi connectivity index (χ4v) is 2.23. The molecule has 1 rings (SSSR count). The Morgan fingerprint density at radius 3 is 2.50 bits per heavy atom. The van der Waals surface area contributed by atoms with Crippen LogP contribution < -0.4 is 5.32 Å². The van der Waals surface area contributed by atoms with Gasteiger partial charge in [-0.3, -0.25) is 0 Å². The molecule has 2 atom stereocenters. The summed E-state index contributed by atoms with van der Waals surface area (Å²) in [6.45, 7) is 12.1. The fourth-order valence-electron chi connectivity index (χ4n) is 2.23. The molecule has 0 fully saturated rings. The Morgan fingerprint density at radius 1 is 1.31 bits per heavy atom. The van der Waals surface area contributed by atoms with E-state index in [0.717, 1.165) is 13.0 Å². The van der Waals surface area contributed by atoms with Crippen LogP contribution in [0.1, 0.15) is 58.8 Å². The zero-order valence-electron chi connectivity index (χ0n) is 11.2. The van der Waals surface area contributed by atoms with Crippen molar-refractivity contribution in [2.75, 3.05) is 6.54 Å². The molecule has 16 heavy (non-hydrogen) atoms. The zero-order chi connectivity index (χ0) is 12.1. The van der Waals surface area contributed by atoms with Crippen LogP contribution in [0.15, 0.2) is 12.4 Å². The Morgan fingerprint density at radius 2 is 2.00 bits per heavy atom. The van der Waals surface area contributed by atoms with E-state index in [0.29, 0.717) is 18.0 Å². The maximum absolute atomic E-state index is 4.45. The standard InChI is InChI=1S/C13H25N3/c1-6-12(14-7-2)11(5)16-9-8-15-13(16)10(3)4/h8-12,14H,6-7H2,1-5H3. The second kappa shape index (κ2) is 6.04. The van der Waals surface area contributed by atoms with Crippen molar-refractivity contribution in [1.82, 2.24) is 14.9 Å². The van der Waals surface area contributed by atoms with Crippen molar-refractivity contribution >= 4 is 0 Å². The van der Waals surface area contributed by atoms with Crippen molar-refractivity contribution in [2.45, 2.75) is 59.0 Å². The van der Waals surface area contributed by atoms with Crippen LogP contribution in [0.25, 0.3) is 0 Å². The zero-order valence-corrected chi connectivity index (χ0v) is 11.2. The number of aromatic nitrogens is 2. The molecule has 92 valence electrons. The predicted octanol–water partition coefficient (Wildman–Crippen LogP) is 2.96. The molecule has 1 heterocycles. The molecule has 0 aliphatic carbocycles. The van der Waals surface area contributed by atoms with Gasteiger partial charge in [0.05, 0.1) is 0 Å². The predicted molar refractivity (Wildman–Crippen MR) is 68.8 cm³/mol. The third-order valence-corrected chi connectivity index (χ3v) is 3.14. The first kappa shape index (κ1) is 13.2. The fraction of sp³-hybridized carbons (Fsp3) is 0.769. The number of nitrogens with zero attached hydrogens (tertiary/aromatic N) is 2. The SMILES string of the molecule is CCNC(CC)C(C)n1ccnc1C(C)C. The minimum absolute atomic E-state index is 0.463. The molecule has 0 aliphatic heterocycles. The molecule has 1 aromatic heterocycles. The smallest absolute Gasteiger partial charge is 0.111 e. The molecule has 0 amide bonds. The Kier molecular flexibility index (Phi) is 5.00. The number of imidazole rings is 1. The molecular formula is C13H25N3. The van der Waals surface area contributed by atoms with Crippen LogP contribution in [0.4, 0.5) is 0 Å². The van der Waals surface area contributed by atoms with Gasteiger partial charge in [-0.2, -0.15) is 0 Å². The van der Waals surface area contributed by atoms with Crippen LogP contribution in [-0.2, 0) is 0 Å². The Labute approximate surface area is 99.3 Å². The largest absolute Gasteiger partial charge is 0.330 e. The van der Waals surface area contributed by atoms with Gasteiger partial charge in [-0.1, -0.05) is 27.7 Å². The number of likely N-dealkylation sites (N-methyl/N-ethyl adjacent to an activating group) is 1. The Hall–Kier alpha value is -0.830. The maximum Gasteiger partial charge on any atom is 0.111 e. The monoisotopic (exact) mass is 223 g/mol. The minimum Gasteiger partial charge on any atom is -0.330 e. The number of hydrogen-bond donors (Lipinski definition) is 1. The summed E-state index contributed by atoms with van der Waals surface area (Å²) in [5.74, 6) is 1.67. The van der Waals surface area contributed by atoms with Crippen molar-refractivity contribution in [3.05, 3.63) is 18.2 Å². The van der Waals surface area contributed by atoms with E-state index in [9.17, 15) is 0 Å². The highest BCUT2D eigenvalue weighted by Crippen LogP contribution is 2.20. The normalized spacial score (nSPS) is 15.4.